The van der Waals surface area contributed by atoms with E-state index in [4.69, 9.17) is 14.6 Å². The monoisotopic (exact) mass is 279 g/mol. The van der Waals surface area contributed by atoms with Gasteiger partial charge in [-0.2, -0.15) is 0 Å². The maximum Gasteiger partial charge on any atom is 0.332 e. The van der Waals surface area contributed by atoms with Crippen molar-refractivity contribution in [1.82, 2.24) is 5.32 Å². The van der Waals surface area contributed by atoms with Crippen LogP contribution in [-0.4, -0.2) is 36.3 Å². The minimum Gasteiger partial charge on any atom is -0.496 e. The first-order chi connectivity index (χ1) is 9.61. The van der Waals surface area contributed by atoms with Crippen LogP contribution in [0, 0.1) is 0 Å². The molecule has 0 unspecified atom stereocenters. The second-order valence-electron chi connectivity index (χ2n) is 4.56. The van der Waals surface area contributed by atoms with Crippen LogP contribution in [0.4, 0.5) is 0 Å². The summed E-state index contributed by atoms with van der Waals surface area (Å²) in [6.45, 7) is 0.320. The van der Waals surface area contributed by atoms with Crippen molar-refractivity contribution < 1.29 is 24.2 Å². The van der Waals surface area contributed by atoms with E-state index in [2.05, 4.69) is 5.32 Å². The Kier molecular flexibility index (Phi) is 4.57. The number of methoxy groups -OCH3 is 1. The Labute approximate surface area is 116 Å². The van der Waals surface area contributed by atoms with Crippen molar-refractivity contribution in [3.63, 3.8) is 0 Å². The molecule has 108 valence electrons. The van der Waals surface area contributed by atoms with Gasteiger partial charge in [-0.15, -0.1) is 0 Å². The molecule has 1 heterocycles. The smallest absolute Gasteiger partial charge is 0.332 e. The zero-order valence-corrected chi connectivity index (χ0v) is 11.2. The van der Waals surface area contributed by atoms with Crippen LogP contribution in [0.15, 0.2) is 24.3 Å². The number of rotatable bonds is 5. The van der Waals surface area contributed by atoms with Gasteiger partial charge in [0, 0.05) is 12.1 Å². The molecule has 0 aliphatic carbocycles. The highest BCUT2D eigenvalue weighted by Crippen LogP contribution is 2.21. The van der Waals surface area contributed by atoms with Crippen LogP contribution in [0.5, 0.6) is 5.75 Å². The van der Waals surface area contributed by atoms with Crippen LogP contribution in [-0.2, 0) is 20.9 Å². The van der Waals surface area contributed by atoms with Crippen LogP contribution < -0.4 is 10.1 Å². The Balaban J connectivity index is 1.88. The predicted octanol–water partition coefficient (Wildman–Crippen LogP) is 0.944. The summed E-state index contributed by atoms with van der Waals surface area (Å²) < 4.78 is 10.4. The number of benzene rings is 1. The SMILES string of the molecule is COc1ccccc1CNC(=O)[C@@H]1CC[C@H](C(=O)O)O1. The summed E-state index contributed by atoms with van der Waals surface area (Å²) in [6.07, 6.45) is -0.778. The average molecular weight is 279 g/mol. The van der Waals surface area contributed by atoms with E-state index in [1.165, 1.54) is 0 Å². The molecule has 0 aromatic heterocycles. The molecule has 6 heteroatoms. The molecule has 1 fully saturated rings. The Hall–Kier alpha value is -2.08. The van der Waals surface area contributed by atoms with Crippen molar-refractivity contribution in [3.05, 3.63) is 29.8 Å². The summed E-state index contributed by atoms with van der Waals surface area (Å²) in [4.78, 5) is 22.7. The molecule has 1 aromatic rings. The largest absolute Gasteiger partial charge is 0.496 e. The molecule has 1 aliphatic heterocycles. The lowest BCUT2D eigenvalue weighted by Crippen LogP contribution is -2.35. The second kappa shape index (κ2) is 6.38. The standard InChI is InChI=1S/C14H17NO5/c1-19-10-5-3-2-4-9(10)8-15-13(16)11-6-7-12(20-11)14(17)18/h2-5,11-12H,6-8H2,1H3,(H,15,16)(H,17,18)/t11-,12+/m0/s1. The zero-order chi connectivity index (χ0) is 14.5. The van der Waals surface area contributed by atoms with E-state index in [1.807, 2.05) is 24.3 Å². The molecule has 1 aliphatic rings. The number of para-hydroxylation sites is 1. The summed E-state index contributed by atoms with van der Waals surface area (Å²) in [5.41, 5.74) is 0.858. The van der Waals surface area contributed by atoms with Gasteiger partial charge in [0.25, 0.3) is 0 Å². The quantitative estimate of drug-likeness (QED) is 0.838. The summed E-state index contributed by atoms with van der Waals surface area (Å²) in [5.74, 6) is -0.617. The summed E-state index contributed by atoms with van der Waals surface area (Å²) >= 11 is 0. The van der Waals surface area contributed by atoms with Crippen LogP contribution in [0.1, 0.15) is 18.4 Å². The number of aliphatic carboxylic acids is 1. The van der Waals surface area contributed by atoms with E-state index in [0.29, 0.717) is 25.1 Å². The first kappa shape index (κ1) is 14.3. The third-order valence-electron chi connectivity index (χ3n) is 3.23. The van der Waals surface area contributed by atoms with Crippen molar-refractivity contribution in [2.24, 2.45) is 0 Å². The summed E-state index contributed by atoms with van der Waals surface area (Å²) in [5, 5.41) is 11.6. The maximum absolute atomic E-state index is 11.9. The molecule has 2 rings (SSSR count). The fourth-order valence-electron chi connectivity index (χ4n) is 2.16. The number of carboxylic acid groups (broad SMARTS) is 1. The Morgan fingerprint density at radius 3 is 2.70 bits per heavy atom. The van der Waals surface area contributed by atoms with Gasteiger partial charge in [0.2, 0.25) is 5.91 Å². The zero-order valence-electron chi connectivity index (χ0n) is 11.2. The molecular weight excluding hydrogens is 262 g/mol. The highest BCUT2D eigenvalue weighted by atomic mass is 16.5. The molecule has 1 amide bonds. The highest BCUT2D eigenvalue weighted by molar-refractivity contribution is 5.82. The van der Waals surface area contributed by atoms with Gasteiger partial charge in [-0.05, 0) is 18.9 Å². The van der Waals surface area contributed by atoms with Gasteiger partial charge in [0.1, 0.15) is 11.9 Å². The van der Waals surface area contributed by atoms with E-state index >= 15 is 0 Å². The number of hydrogen-bond donors (Lipinski definition) is 2. The van der Waals surface area contributed by atoms with Crippen LogP contribution in [0.2, 0.25) is 0 Å². The predicted molar refractivity (Wildman–Crippen MR) is 70.4 cm³/mol. The van der Waals surface area contributed by atoms with E-state index in [1.54, 1.807) is 7.11 Å². The highest BCUT2D eigenvalue weighted by Gasteiger charge is 2.34. The van der Waals surface area contributed by atoms with Gasteiger partial charge in [-0.25, -0.2) is 4.79 Å². The molecule has 0 spiro atoms. The molecule has 0 radical (unpaired) electrons. The molecule has 2 atom stereocenters. The third kappa shape index (κ3) is 3.27. The number of nitrogens with one attached hydrogen (secondary N) is 1. The van der Waals surface area contributed by atoms with Crippen LogP contribution in [0.25, 0.3) is 0 Å². The number of hydrogen-bond acceptors (Lipinski definition) is 4. The second-order valence-corrected chi connectivity index (χ2v) is 4.56. The van der Waals surface area contributed by atoms with E-state index in [-0.39, 0.29) is 5.91 Å². The fourth-order valence-corrected chi connectivity index (χ4v) is 2.16. The molecule has 1 aromatic carbocycles. The van der Waals surface area contributed by atoms with Crippen LogP contribution >= 0.6 is 0 Å². The van der Waals surface area contributed by atoms with Gasteiger partial charge in [-0.1, -0.05) is 18.2 Å². The lowest BCUT2D eigenvalue weighted by atomic mass is 10.1. The lowest BCUT2D eigenvalue weighted by Gasteiger charge is -2.13. The molecular formula is C14H17NO5. The first-order valence-corrected chi connectivity index (χ1v) is 6.39. The molecule has 1 saturated heterocycles. The minimum absolute atomic E-state index is 0.292. The Morgan fingerprint density at radius 2 is 2.05 bits per heavy atom. The normalized spacial score (nSPS) is 21.4. The molecule has 6 nitrogen and oxygen atoms in total. The maximum atomic E-state index is 11.9. The van der Waals surface area contributed by atoms with Gasteiger partial charge in [-0.3, -0.25) is 4.79 Å². The number of carbonyl (C=O) groups is 2. The molecule has 2 N–H and O–H groups in total. The van der Waals surface area contributed by atoms with Crippen molar-refractivity contribution >= 4 is 11.9 Å². The van der Waals surface area contributed by atoms with Gasteiger partial charge < -0.3 is 19.9 Å². The molecule has 0 saturated carbocycles. The lowest BCUT2D eigenvalue weighted by molar-refractivity contribution is -0.151. The van der Waals surface area contributed by atoms with Gasteiger partial charge >= 0.3 is 5.97 Å². The summed E-state index contributed by atoms with van der Waals surface area (Å²) in [7, 11) is 1.57. The van der Waals surface area contributed by atoms with Crippen molar-refractivity contribution in [2.45, 2.75) is 31.6 Å². The topological polar surface area (TPSA) is 84.9 Å². The Morgan fingerprint density at radius 1 is 1.35 bits per heavy atom. The minimum atomic E-state index is -1.02. The fraction of sp³-hybridized carbons (Fsp3) is 0.429. The van der Waals surface area contributed by atoms with E-state index < -0.39 is 18.2 Å². The van der Waals surface area contributed by atoms with Crippen molar-refractivity contribution in [1.29, 1.82) is 0 Å². The number of ether oxygens (including phenoxy) is 2. The van der Waals surface area contributed by atoms with E-state index in [0.717, 1.165) is 5.56 Å². The Bertz CT molecular complexity index is 502. The number of carboxylic acids is 1. The van der Waals surface area contributed by atoms with Gasteiger partial charge in [0.05, 0.1) is 7.11 Å². The van der Waals surface area contributed by atoms with Crippen molar-refractivity contribution in [3.8, 4) is 5.75 Å². The van der Waals surface area contributed by atoms with Crippen LogP contribution in [0.3, 0.4) is 0 Å². The number of amides is 1. The van der Waals surface area contributed by atoms with Gasteiger partial charge in [0.15, 0.2) is 6.10 Å². The van der Waals surface area contributed by atoms with Crippen molar-refractivity contribution in [2.75, 3.05) is 7.11 Å². The third-order valence-corrected chi connectivity index (χ3v) is 3.23. The number of carbonyl (C=O) groups excluding carboxylic acids is 1. The van der Waals surface area contributed by atoms with E-state index in [9.17, 15) is 9.59 Å². The first-order valence-electron chi connectivity index (χ1n) is 6.39. The molecule has 20 heavy (non-hydrogen) atoms. The molecule has 0 bridgehead atoms. The average Bonchev–Trinajstić information content (AvgIpc) is 2.95. The summed E-state index contributed by atoms with van der Waals surface area (Å²) in [6, 6.07) is 7.38.